The first-order valence-electron chi connectivity index (χ1n) is 24.7. The molecule has 388 valence electrons. The number of nitrogen functional groups attached to an aromatic ring is 2. The Morgan fingerprint density at radius 3 is 1.93 bits per heavy atom. The van der Waals surface area contributed by atoms with Gasteiger partial charge < -0.3 is 61.5 Å². The van der Waals surface area contributed by atoms with E-state index in [-0.39, 0.29) is 31.5 Å². The van der Waals surface area contributed by atoms with Crippen LogP contribution in [0.2, 0.25) is 51.4 Å². The number of nitrogens with one attached hydrogen (secondary N) is 4. The van der Waals surface area contributed by atoms with E-state index in [1.807, 2.05) is 81.4 Å². The fourth-order valence-electron chi connectivity index (χ4n) is 7.49. The Hall–Kier alpha value is -6.35. The quantitative estimate of drug-likeness (QED) is 0.0151. The molecule has 0 spiro atoms. The molecule has 4 aromatic carbocycles. The van der Waals surface area contributed by atoms with E-state index in [9.17, 15) is 9.59 Å². The van der Waals surface area contributed by atoms with Crippen molar-refractivity contribution in [2.24, 2.45) is 9.98 Å². The Balaban J connectivity index is 1.22. The van der Waals surface area contributed by atoms with E-state index >= 15 is 0 Å². The van der Waals surface area contributed by atoms with Gasteiger partial charge in [0.15, 0.2) is 6.23 Å². The van der Waals surface area contributed by atoms with E-state index in [4.69, 9.17) is 51.0 Å². The van der Waals surface area contributed by atoms with Crippen LogP contribution in [0.25, 0.3) is 0 Å². The van der Waals surface area contributed by atoms with Crippen LogP contribution in [-0.2, 0) is 19.0 Å². The Labute approximate surface area is 428 Å². The smallest absolute Gasteiger partial charge is 0.410 e. The molecule has 2 atom stereocenters. The predicted molar refractivity (Wildman–Crippen MR) is 299 cm³/mol. The Bertz CT molecular complexity index is 2500. The fraction of sp³-hybridized carbons (Fsp3) is 0.444. The van der Waals surface area contributed by atoms with Crippen molar-refractivity contribution >= 4 is 74.8 Å². The number of ether oxygens (including phenoxy) is 5. The molecular formula is C54H77N9O7Si2. The number of hydrogen-bond donors (Lipinski definition) is 6. The second-order valence-electron chi connectivity index (χ2n) is 21.3. The zero-order valence-electron chi connectivity index (χ0n) is 43.7. The minimum Gasteiger partial charge on any atom is -0.457 e. The summed E-state index contributed by atoms with van der Waals surface area (Å²) in [6, 6.07) is 27.4. The van der Waals surface area contributed by atoms with E-state index in [1.165, 1.54) is 12.4 Å². The minimum absolute atomic E-state index is 0.131. The molecule has 18 heteroatoms. The van der Waals surface area contributed by atoms with Gasteiger partial charge in [0.25, 0.3) is 0 Å². The van der Waals surface area contributed by atoms with Crippen molar-refractivity contribution in [3.8, 4) is 23.0 Å². The Morgan fingerprint density at radius 1 is 0.764 bits per heavy atom. The summed E-state index contributed by atoms with van der Waals surface area (Å²) in [4.78, 5) is 37.1. The third-order valence-electron chi connectivity index (χ3n) is 11.5. The second kappa shape index (κ2) is 26.4. The number of anilines is 4. The van der Waals surface area contributed by atoms with Gasteiger partial charge in [-0.3, -0.25) is 14.8 Å². The van der Waals surface area contributed by atoms with Gasteiger partial charge in [0, 0.05) is 85.8 Å². The number of aliphatic imine (C=N–C) groups is 2. The van der Waals surface area contributed by atoms with Crippen LogP contribution in [0.4, 0.5) is 27.5 Å². The van der Waals surface area contributed by atoms with Crippen LogP contribution < -0.4 is 31.6 Å². The number of carbonyl (C=O) groups excluding carboxylic acids is 2. The van der Waals surface area contributed by atoms with Crippen LogP contribution in [0.5, 0.6) is 23.0 Å². The molecule has 0 bridgehead atoms. The summed E-state index contributed by atoms with van der Waals surface area (Å²) >= 11 is 0. The van der Waals surface area contributed by atoms with E-state index < -0.39 is 34.1 Å². The lowest BCUT2D eigenvalue weighted by molar-refractivity contribution is -0.117. The number of hydrogen-bond acceptors (Lipinski definition) is 14. The third kappa shape index (κ3) is 19.3. The molecule has 1 saturated heterocycles. The largest absolute Gasteiger partial charge is 0.457 e. The summed E-state index contributed by atoms with van der Waals surface area (Å²) in [5, 5.41) is 22.0. The van der Waals surface area contributed by atoms with E-state index in [1.54, 1.807) is 29.2 Å². The van der Waals surface area contributed by atoms with Gasteiger partial charge in [0.1, 0.15) is 35.3 Å². The molecule has 0 saturated carbocycles. The molecular weight excluding hydrogens is 943 g/mol. The maximum atomic E-state index is 13.1. The molecule has 2 amide bonds. The summed E-state index contributed by atoms with van der Waals surface area (Å²) in [5.41, 5.74) is 17.4. The van der Waals surface area contributed by atoms with Gasteiger partial charge in [-0.15, -0.1) is 0 Å². The van der Waals surface area contributed by atoms with Crippen LogP contribution in [-0.4, -0.2) is 108 Å². The number of amides is 2. The zero-order chi connectivity index (χ0) is 52.5. The molecule has 1 fully saturated rings. The lowest BCUT2D eigenvalue weighted by atomic mass is 10.1. The summed E-state index contributed by atoms with van der Waals surface area (Å²) in [7, 11) is -2.62. The third-order valence-corrected chi connectivity index (χ3v) is 14.9. The average molecular weight is 1020 g/mol. The van der Waals surface area contributed by atoms with Gasteiger partial charge in [-0.05, 0) is 130 Å². The van der Waals surface area contributed by atoms with Crippen molar-refractivity contribution in [1.82, 2.24) is 4.90 Å². The molecule has 0 aliphatic carbocycles. The predicted octanol–water partition coefficient (Wildman–Crippen LogP) is 11.9. The van der Waals surface area contributed by atoms with Crippen molar-refractivity contribution in [2.75, 3.05) is 55.1 Å². The summed E-state index contributed by atoms with van der Waals surface area (Å²) in [5.74, 6) is 2.01. The fourth-order valence-corrected chi connectivity index (χ4v) is 8.98. The van der Waals surface area contributed by atoms with Crippen molar-refractivity contribution in [3.63, 3.8) is 0 Å². The summed E-state index contributed by atoms with van der Waals surface area (Å²) < 4.78 is 30.2. The van der Waals surface area contributed by atoms with Gasteiger partial charge >= 0.3 is 6.09 Å². The standard InChI is InChI=1S/C54H77N9O7Si2/c1-54(2,3)70-53(65)63-28-10-11-40(63)33-51(64)61-49-23-21-43(34-46(49)58)68-41-18-14-39(15-19-41)48(25-27-56)62-52(67-30-32-72(7,8)9)36-59-50-35-44(20-22-45(50)57)69-42-16-12-38(13-17-42)47(24-26-55)60-37-66-29-31-71(4,5)6/h12-23,26-27,34-35,40,52,55-56,59H,10-11,24-25,28-33,36-37,57-58H2,1-9H3,(H,61,64). The summed E-state index contributed by atoms with van der Waals surface area (Å²) in [6.45, 7) is 21.6. The van der Waals surface area contributed by atoms with E-state index in [0.29, 0.717) is 84.2 Å². The number of nitrogens with two attached hydrogens (primary N) is 2. The molecule has 8 N–H and O–H groups in total. The van der Waals surface area contributed by atoms with Gasteiger partial charge in [0.2, 0.25) is 5.91 Å². The average Bonchev–Trinajstić information content (AvgIpc) is 3.76. The molecule has 2 unspecified atom stereocenters. The highest BCUT2D eigenvalue weighted by atomic mass is 28.3. The Kier molecular flexibility index (Phi) is 20.7. The lowest BCUT2D eigenvalue weighted by Crippen LogP contribution is -2.41. The van der Waals surface area contributed by atoms with Crippen molar-refractivity contribution in [3.05, 3.63) is 96.1 Å². The second-order valence-corrected chi connectivity index (χ2v) is 32.6. The maximum absolute atomic E-state index is 13.1. The molecule has 1 aliphatic heterocycles. The van der Waals surface area contributed by atoms with E-state index in [0.717, 1.165) is 41.8 Å². The number of carbonyl (C=O) groups is 2. The SMILES string of the molecule is CC(C)(C)OC(=O)N1CCCC1CC(=O)Nc1ccc(Oc2ccc(C(CC=N)=NC(CNc3cc(Oc4ccc(C(CC=N)=NCOCC[Si](C)(C)C)cc4)ccc3N)OCC[Si](C)(C)C)cc2)cc1N. The van der Waals surface area contributed by atoms with Crippen LogP contribution in [0.3, 0.4) is 0 Å². The monoisotopic (exact) mass is 1020 g/mol. The molecule has 5 rings (SSSR count). The minimum atomic E-state index is -1.43. The summed E-state index contributed by atoms with van der Waals surface area (Å²) in [6.07, 6.45) is 3.99. The molecule has 16 nitrogen and oxygen atoms in total. The number of likely N-dealkylation sites (tertiary alicyclic amines) is 1. The van der Waals surface area contributed by atoms with Crippen LogP contribution >= 0.6 is 0 Å². The molecule has 4 aromatic rings. The van der Waals surface area contributed by atoms with Gasteiger partial charge in [-0.1, -0.05) is 39.3 Å². The van der Waals surface area contributed by atoms with Crippen LogP contribution in [0, 0.1) is 10.8 Å². The highest BCUT2D eigenvalue weighted by molar-refractivity contribution is 6.76. The van der Waals surface area contributed by atoms with Gasteiger partial charge in [-0.2, -0.15) is 0 Å². The van der Waals surface area contributed by atoms with Crippen LogP contribution in [0.15, 0.2) is 94.9 Å². The van der Waals surface area contributed by atoms with E-state index in [2.05, 4.69) is 54.9 Å². The molecule has 0 radical (unpaired) electrons. The zero-order valence-corrected chi connectivity index (χ0v) is 45.7. The Morgan fingerprint density at radius 2 is 1.33 bits per heavy atom. The molecule has 0 aromatic heterocycles. The van der Waals surface area contributed by atoms with Crippen molar-refractivity contribution < 1.29 is 33.3 Å². The highest BCUT2D eigenvalue weighted by Gasteiger charge is 2.33. The molecule has 1 heterocycles. The van der Waals surface area contributed by atoms with Gasteiger partial charge in [0.05, 0.1) is 40.7 Å². The topological polar surface area (TPSA) is 232 Å². The number of rotatable bonds is 26. The molecule has 1 aliphatic rings. The molecule has 72 heavy (non-hydrogen) atoms. The maximum Gasteiger partial charge on any atom is 0.410 e. The van der Waals surface area contributed by atoms with Gasteiger partial charge in [-0.25, -0.2) is 4.79 Å². The number of benzene rings is 4. The highest BCUT2D eigenvalue weighted by Crippen LogP contribution is 2.32. The first-order valence-corrected chi connectivity index (χ1v) is 32.2. The van der Waals surface area contributed by atoms with Crippen LogP contribution in [0.1, 0.15) is 64.0 Å². The van der Waals surface area contributed by atoms with Crippen molar-refractivity contribution in [2.45, 2.75) is 122 Å². The lowest BCUT2D eigenvalue weighted by Gasteiger charge is -2.28. The first-order chi connectivity index (χ1) is 34.1. The van der Waals surface area contributed by atoms with Crippen molar-refractivity contribution in [1.29, 1.82) is 10.8 Å². The number of nitrogens with zero attached hydrogens (tertiary/aromatic N) is 3. The first kappa shape index (κ1) is 56.6. The normalized spacial score (nSPS) is 14.9.